The number of rotatable bonds is 9. The molecule has 232 valence electrons. The van der Waals surface area contributed by atoms with Crippen molar-refractivity contribution in [3.63, 3.8) is 0 Å². The molecule has 1 fully saturated rings. The van der Waals surface area contributed by atoms with Crippen molar-refractivity contribution in [2.45, 2.75) is 46.1 Å². The molecule has 0 spiro atoms. The topological polar surface area (TPSA) is 120 Å². The van der Waals surface area contributed by atoms with E-state index >= 15 is 0 Å². The van der Waals surface area contributed by atoms with Crippen molar-refractivity contribution in [1.29, 1.82) is 0 Å². The second kappa shape index (κ2) is 13.0. The highest BCUT2D eigenvalue weighted by Crippen LogP contribution is 2.38. The number of allylic oxidation sites excluding steroid dienone is 1. The van der Waals surface area contributed by atoms with Crippen LogP contribution in [0, 0.1) is 10.1 Å². The first-order valence-electron chi connectivity index (χ1n) is 14.8. The molecule has 0 unspecified atom stereocenters. The van der Waals surface area contributed by atoms with Gasteiger partial charge in [-0.15, -0.1) is 0 Å². The summed E-state index contributed by atoms with van der Waals surface area (Å²) in [7, 11) is 3.10. The van der Waals surface area contributed by atoms with Crippen molar-refractivity contribution in [3.05, 3.63) is 88.6 Å². The van der Waals surface area contributed by atoms with Gasteiger partial charge in [0.15, 0.2) is 4.80 Å². The second-order valence-electron chi connectivity index (χ2n) is 10.7. The number of hydrogen-bond acceptors (Lipinski definition) is 9. The Morgan fingerprint density at radius 1 is 1.11 bits per heavy atom. The minimum Gasteiger partial charge on any atom is -0.497 e. The number of thiazole rings is 1. The van der Waals surface area contributed by atoms with Crippen molar-refractivity contribution in [1.82, 2.24) is 9.47 Å². The van der Waals surface area contributed by atoms with Crippen LogP contribution in [0.3, 0.4) is 0 Å². The van der Waals surface area contributed by atoms with E-state index in [9.17, 15) is 19.7 Å². The highest BCUT2D eigenvalue weighted by Gasteiger charge is 2.36. The van der Waals surface area contributed by atoms with E-state index in [0.29, 0.717) is 56.3 Å². The smallest absolute Gasteiger partial charge is 0.271 e. The van der Waals surface area contributed by atoms with E-state index in [1.165, 1.54) is 28.0 Å². The van der Waals surface area contributed by atoms with E-state index in [2.05, 4.69) is 4.90 Å². The number of likely N-dealkylation sites (N-methyl/N-ethyl adjacent to an activating group) is 1. The average molecular weight is 620 g/mol. The van der Waals surface area contributed by atoms with Crippen molar-refractivity contribution >= 4 is 34.7 Å². The zero-order chi connectivity index (χ0) is 31.5. The molecule has 0 saturated carbocycles. The fourth-order valence-electron chi connectivity index (χ4n) is 5.96. The van der Waals surface area contributed by atoms with E-state index in [-0.39, 0.29) is 17.2 Å². The highest BCUT2D eigenvalue weighted by atomic mass is 32.1. The van der Waals surface area contributed by atoms with E-state index in [0.717, 1.165) is 38.0 Å². The molecule has 12 heteroatoms. The number of methoxy groups -OCH3 is 2. The molecule has 2 aliphatic heterocycles. The SMILES string of the molecule is CCN(CC)C(=O)C1=C(C)N=c2s/c(=C\c3cc([N+](=O)[O-])ccc3N3CCCCC3)c(=O)n2[C@@H]1c1cc(OC)ccc1OC. The summed E-state index contributed by atoms with van der Waals surface area (Å²) >= 11 is 1.19. The van der Waals surface area contributed by atoms with Gasteiger partial charge in [0.05, 0.1) is 34.9 Å². The molecule has 0 radical (unpaired) electrons. The Labute approximate surface area is 259 Å². The Bertz CT molecular complexity index is 1800. The van der Waals surface area contributed by atoms with Crippen LogP contribution in [0.15, 0.2) is 57.5 Å². The molecule has 0 aliphatic carbocycles. The number of benzene rings is 2. The Kier molecular flexibility index (Phi) is 9.19. The number of aromatic nitrogens is 1. The Morgan fingerprint density at radius 2 is 1.84 bits per heavy atom. The lowest BCUT2D eigenvalue weighted by atomic mass is 9.93. The predicted octanol–water partition coefficient (Wildman–Crippen LogP) is 4.02. The summed E-state index contributed by atoms with van der Waals surface area (Å²) in [6, 6.07) is 9.26. The predicted molar refractivity (Wildman–Crippen MR) is 170 cm³/mol. The van der Waals surface area contributed by atoms with Crippen molar-refractivity contribution < 1.29 is 19.2 Å². The molecule has 2 aromatic carbocycles. The molecule has 1 amide bonds. The van der Waals surface area contributed by atoms with E-state index < -0.39 is 11.0 Å². The molecule has 1 aromatic heterocycles. The molecule has 44 heavy (non-hydrogen) atoms. The number of carbonyl (C=O) groups excluding carboxylic acids is 1. The lowest BCUT2D eigenvalue weighted by Gasteiger charge is -2.30. The number of fused-ring (bicyclic) bond motifs is 1. The van der Waals surface area contributed by atoms with E-state index in [1.54, 1.807) is 56.4 Å². The monoisotopic (exact) mass is 619 g/mol. The number of piperidine rings is 1. The number of carbonyl (C=O) groups is 1. The molecular weight excluding hydrogens is 582 g/mol. The standard InChI is InChI=1S/C32H37N5O6S/c1-6-34(7-2)31(39)28-20(3)33-32-36(29(28)24-19-23(42-4)12-14-26(24)43-5)30(38)27(44-32)18-21-17-22(37(40)41)11-13-25(21)35-15-9-8-10-16-35/h11-14,17-19,29H,6-10,15-16H2,1-5H3/b27-18-/t29-/m1/s1. The number of hydrogen-bond donors (Lipinski definition) is 0. The summed E-state index contributed by atoms with van der Waals surface area (Å²) in [6.07, 6.45) is 4.91. The lowest BCUT2D eigenvalue weighted by Crippen LogP contribution is -2.43. The molecule has 0 N–H and O–H groups in total. The van der Waals surface area contributed by atoms with E-state index in [1.807, 2.05) is 13.8 Å². The maximum absolute atomic E-state index is 14.4. The Balaban J connectivity index is 1.77. The summed E-state index contributed by atoms with van der Waals surface area (Å²) in [6.45, 7) is 8.26. The summed E-state index contributed by atoms with van der Waals surface area (Å²) in [5.74, 6) is 0.831. The Morgan fingerprint density at radius 3 is 2.48 bits per heavy atom. The maximum atomic E-state index is 14.4. The first-order chi connectivity index (χ1) is 21.2. The van der Waals surface area contributed by atoms with E-state index in [4.69, 9.17) is 14.5 Å². The molecule has 3 aromatic rings. The molecule has 0 bridgehead atoms. The van der Waals surface area contributed by atoms with Crippen LogP contribution >= 0.6 is 11.3 Å². The first-order valence-corrected chi connectivity index (χ1v) is 15.6. The third-order valence-electron chi connectivity index (χ3n) is 8.24. The number of amides is 1. The van der Waals surface area contributed by atoms with Crippen LogP contribution in [0.4, 0.5) is 11.4 Å². The number of nitrogens with zero attached hydrogens (tertiary/aromatic N) is 5. The summed E-state index contributed by atoms with van der Waals surface area (Å²) < 4.78 is 13.1. The minimum absolute atomic E-state index is 0.0493. The molecule has 3 heterocycles. The van der Waals surface area contributed by atoms with Gasteiger partial charge in [-0.1, -0.05) is 11.3 Å². The molecule has 1 saturated heterocycles. The van der Waals surface area contributed by atoms with Crippen LogP contribution in [0.2, 0.25) is 0 Å². The summed E-state index contributed by atoms with van der Waals surface area (Å²) in [5, 5.41) is 11.7. The van der Waals surface area contributed by atoms with Crippen molar-refractivity contribution in [2.24, 2.45) is 4.99 Å². The number of non-ortho nitro benzene ring substituents is 1. The third-order valence-corrected chi connectivity index (χ3v) is 9.22. The highest BCUT2D eigenvalue weighted by molar-refractivity contribution is 7.07. The Hall–Kier alpha value is -4.45. The number of nitro benzene ring substituents is 1. The minimum atomic E-state index is -0.835. The molecule has 1 atom stereocenters. The van der Waals surface area contributed by atoms with Gasteiger partial charge in [-0.05, 0) is 70.4 Å². The number of anilines is 1. The summed E-state index contributed by atoms with van der Waals surface area (Å²) in [4.78, 5) is 48.7. The first kappa shape index (κ1) is 31.0. The van der Waals surface area contributed by atoms with Gasteiger partial charge in [0.25, 0.3) is 17.2 Å². The third kappa shape index (κ3) is 5.73. The molecule has 5 rings (SSSR count). The summed E-state index contributed by atoms with van der Waals surface area (Å²) in [5.41, 5.74) is 2.52. The van der Waals surface area contributed by atoms with Crippen LogP contribution < -0.4 is 29.3 Å². The lowest BCUT2D eigenvalue weighted by molar-refractivity contribution is -0.384. The fraction of sp³-hybridized carbons (Fsp3) is 0.406. The van der Waals surface area contributed by atoms with Gasteiger partial charge < -0.3 is 19.3 Å². The van der Waals surface area contributed by atoms with Gasteiger partial charge in [-0.25, -0.2) is 4.99 Å². The molecular formula is C32H37N5O6S. The van der Waals surface area contributed by atoms with Crippen LogP contribution in [0.5, 0.6) is 11.5 Å². The van der Waals surface area contributed by atoms with Crippen LogP contribution in [0.1, 0.15) is 57.2 Å². The molecule has 11 nitrogen and oxygen atoms in total. The van der Waals surface area contributed by atoms with Gasteiger partial charge in [0, 0.05) is 55.1 Å². The zero-order valence-electron chi connectivity index (χ0n) is 25.7. The number of ether oxygens (including phenoxy) is 2. The van der Waals surface area contributed by atoms with Crippen LogP contribution in [-0.4, -0.2) is 60.7 Å². The normalized spacial score (nSPS) is 16.8. The van der Waals surface area contributed by atoms with Crippen LogP contribution in [0.25, 0.3) is 6.08 Å². The quantitative estimate of drug-likeness (QED) is 0.262. The molecule has 2 aliphatic rings. The maximum Gasteiger partial charge on any atom is 0.271 e. The largest absolute Gasteiger partial charge is 0.497 e. The zero-order valence-corrected chi connectivity index (χ0v) is 26.5. The fourth-order valence-corrected chi connectivity index (χ4v) is 7.00. The average Bonchev–Trinajstić information content (AvgIpc) is 3.34. The van der Waals surface area contributed by atoms with Crippen LogP contribution in [-0.2, 0) is 4.79 Å². The van der Waals surface area contributed by atoms with Gasteiger partial charge in [-0.3, -0.25) is 24.3 Å². The van der Waals surface area contributed by atoms with Crippen molar-refractivity contribution in [3.8, 4) is 11.5 Å². The van der Waals surface area contributed by atoms with Gasteiger partial charge in [-0.2, -0.15) is 0 Å². The number of nitro groups is 1. The van der Waals surface area contributed by atoms with Gasteiger partial charge >= 0.3 is 0 Å². The second-order valence-corrected chi connectivity index (χ2v) is 11.7. The van der Waals surface area contributed by atoms with Crippen molar-refractivity contribution in [2.75, 3.05) is 45.3 Å². The van der Waals surface area contributed by atoms with Gasteiger partial charge in [0.2, 0.25) is 0 Å². The van der Waals surface area contributed by atoms with Gasteiger partial charge in [0.1, 0.15) is 17.5 Å².